The maximum absolute atomic E-state index is 12.9. The molecule has 1 spiro atoms. The highest BCUT2D eigenvalue weighted by atomic mass is 16.8. The molecular formula is C34H48O11. The highest BCUT2D eigenvalue weighted by Gasteiger charge is 2.91. The van der Waals surface area contributed by atoms with Crippen LogP contribution in [-0.2, 0) is 33.3 Å². The molecule has 21 atom stereocenters. The molecule has 0 aromatic rings. The average molecular weight is 633 g/mol. The highest BCUT2D eigenvalue weighted by molar-refractivity contribution is 5.67. The van der Waals surface area contributed by atoms with Crippen molar-refractivity contribution in [2.24, 2.45) is 63.6 Å². The normalized spacial score (nSPS) is 64.6. The van der Waals surface area contributed by atoms with Crippen molar-refractivity contribution in [3.63, 3.8) is 0 Å². The fraction of sp³-hybridized carbons (Fsp3) is 0.882. The molecule has 8 aliphatic rings. The van der Waals surface area contributed by atoms with Crippen LogP contribution in [0.5, 0.6) is 0 Å². The summed E-state index contributed by atoms with van der Waals surface area (Å²) in [6, 6.07) is 0. The van der Waals surface area contributed by atoms with Gasteiger partial charge in [0.15, 0.2) is 0 Å². The number of carbonyl (C=O) groups excluding carboxylic acids is 2. The minimum atomic E-state index is -1.55. The summed E-state index contributed by atoms with van der Waals surface area (Å²) < 4.78 is 31.0. The standard InChI is InChI=1S/C34H48O11/c1-11-19-18(24(38)23(37)16-10-17-26(43-17)29(30(16,19)6)42-15(5)36)21-25(39)22-20(31(21,7)27(11)41-14(4)35)12(2)28-34(45-28)32(22,8)33(9,40)13(3)44-34/h11-12,16-29,37-40H,3,10H2,1-2,4-9H3/t11?,12-,16+,17-,18+,19?,20-,21+,22-,23-,24+,25+,26-,27-,28-,29-,30-,31+,32-,33+,34-/m0/s1. The number of hydrogen-bond donors (Lipinski definition) is 4. The first kappa shape index (κ1) is 30.6. The SMILES string of the molecule is C=C1O[C@]23O[C@H]2[C@@H](C)[C@H]2[C@@H]([C@H](O)[C@H]4[C@H]5C(C(C)[C@H](OC(C)=O)[C@@]42C)[C@]2(C)[C@H](C[C@@H]4O[C@@H]4[C@@H]2OC(C)=O)[C@H](O)[C@@H]5O)[C@@]3(C)[C@]1(C)O. The minimum absolute atomic E-state index is 0.172. The van der Waals surface area contributed by atoms with Gasteiger partial charge in [0.25, 0.3) is 0 Å². The lowest BCUT2D eigenvalue weighted by atomic mass is 9.39. The molecule has 0 radical (unpaired) electrons. The minimum Gasteiger partial charge on any atom is -0.462 e. The van der Waals surface area contributed by atoms with E-state index < -0.39 is 99.7 Å². The maximum atomic E-state index is 12.9. The second-order valence-corrected chi connectivity index (χ2v) is 16.6. The molecule has 11 heteroatoms. The van der Waals surface area contributed by atoms with Gasteiger partial charge in [-0.1, -0.05) is 34.3 Å². The van der Waals surface area contributed by atoms with E-state index in [1.165, 1.54) is 13.8 Å². The fourth-order valence-electron chi connectivity index (χ4n) is 13.5. The summed E-state index contributed by atoms with van der Waals surface area (Å²) in [5, 5.41) is 49.0. The summed E-state index contributed by atoms with van der Waals surface area (Å²) in [6.45, 7) is 18.5. The zero-order chi connectivity index (χ0) is 32.7. The molecule has 2 unspecified atom stereocenters. The number of rotatable bonds is 2. The van der Waals surface area contributed by atoms with Crippen molar-refractivity contribution in [2.45, 2.75) is 122 Å². The predicted octanol–water partition coefficient (Wildman–Crippen LogP) is 1.54. The van der Waals surface area contributed by atoms with Crippen LogP contribution in [0.25, 0.3) is 0 Å². The van der Waals surface area contributed by atoms with Gasteiger partial charge in [-0.2, -0.15) is 0 Å². The van der Waals surface area contributed by atoms with E-state index in [2.05, 4.69) is 13.5 Å². The van der Waals surface area contributed by atoms with Gasteiger partial charge in [0.05, 0.1) is 29.8 Å². The van der Waals surface area contributed by atoms with Crippen molar-refractivity contribution in [3.8, 4) is 0 Å². The Kier molecular flexibility index (Phi) is 5.86. The number of esters is 2. The van der Waals surface area contributed by atoms with Crippen molar-refractivity contribution in [2.75, 3.05) is 0 Å². The van der Waals surface area contributed by atoms with Crippen molar-refractivity contribution in [3.05, 3.63) is 12.3 Å². The second kappa shape index (κ2) is 8.63. The molecule has 8 rings (SSSR count). The van der Waals surface area contributed by atoms with Crippen molar-refractivity contribution in [1.29, 1.82) is 0 Å². The molecule has 0 aromatic heterocycles. The van der Waals surface area contributed by atoms with Crippen LogP contribution in [-0.4, -0.2) is 92.6 Å². The molecule has 0 aromatic carbocycles. The molecule has 3 aliphatic heterocycles. The van der Waals surface area contributed by atoms with E-state index >= 15 is 0 Å². The van der Waals surface area contributed by atoms with Gasteiger partial charge in [-0.15, -0.1) is 0 Å². The predicted molar refractivity (Wildman–Crippen MR) is 154 cm³/mol. The van der Waals surface area contributed by atoms with Gasteiger partial charge in [0.2, 0.25) is 5.79 Å². The number of aliphatic hydroxyl groups is 4. The van der Waals surface area contributed by atoms with Crippen LogP contribution in [0, 0.1) is 63.6 Å². The van der Waals surface area contributed by atoms with E-state index in [-0.39, 0.29) is 41.8 Å². The largest absolute Gasteiger partial charge is 0.462 e. The van der Waals surface area contributed by atoms with Gasteiger partial charge in [0.1, 0.15) is 35.8 Å². The molecule has 11 nitrogen and oxygen atoms in total. The quantitative estimate of drug-likeness (QED) is 0.258. The molecule has 3 heterocycles. The first-order chi connectivity index (χ1) is 20.8. The van der Waals surface area contributed by atoms with Crippen LogP contribution >= 0.6 is 0 Å². The van der Waals surface area contributed by atoms with Crippen LogP contribution in [0.1, 0.15) is 61.8 Å². The van der Waals surface area contributed by atoms with Crippen LogP contribution < -0.4 is 0 Å². The lowest BCUT2D eigenvalue weighted by molar-refractivity contribution is -0.284. The fourth-order valence-corrected chi connectivity index (χ4v) is 13.5. The zero-order valence-electron chi connectivity index (χ0n) is 27.3. The van der Waals surface area contributed by atoms with Gasteiger partial charge in [-0.05, 0) is 61.7 Å². The lowest BCUT2D eigenvalue weighted by Gasteiger charge is -2.67. The Bertz CT molecular complexity index is 1380. The molecule has 3 saturated heterocycles. The summed E-state index contributed by atoms with van der Waals surface area (Å²) >= 11 is 0. The Morgan fingerprint density at radius 3 is 2.09 bits per heavy atom. The van der Waals surface area contributed by atoms with Crippen LogP contribution in [0.3, 0.4) is 0 Å². The van der Waals surface area contributed by atoms with Gasteiger partial charge in [0, 0.05) is 30.6 Å². The number of ether oxygens (including phenoxy) is 5. The molecule has 0 amide bonds. The van der Waals surface area contributed by atoms with E-state index in [0.717, 1.165) is 0 Å². The average Bonchev–Trinajstić information content (AvgIpc) is 3.84. The van der Waals surface area contributed by atoms with Crippen molar-refractivity contribution < 1.29 is 53.7 Å². The summed E-state index contributed by atoms with van der Waals surface area (Å²) in [4.78, 5) is 25.4. The molecule has 5 aliphatic carbocycles. The molecule has 4 N–H and O–H groups in total. The first-order valence-corrected chi connectivity index (χ1v) is 16.7. The summed E-state index contributed by atoms with van der Waals surface area (Å²) in [5.41, 5.74) is -4.44. The third-order valence-corrected chi connectivity index (χ3v) is 15.2. The zero-order valence-corrected chi connectivity index (χ0v) is 27.3. The van der Waals surface area contributed by atoms with E-state index in [4.69, 9.17) is 23.7 Å². The number of carbonyl (C=O) groups is 2. The summed E-state index contributed by atoms with van der Waals surface area (Å²) in [7, 11) is 0. The number of epoxide rings is 2. The Morgan fingerprint density at radius 2 is 1.47 bits per heavy atom. The Labute approximate surface area is 263 Å². The summed E-state index contributed by atoms with van der Waals surface area (Å²) in [5.74, 6) is -5.54. The van der Waals surface area contributed by atoms with Gasteiger partial charge < -0.3 is 44.1 Å². The maximum Gasteiger partial charge on any atom is 0.303 e. The molecule has 250 valence electrons. The number of hydrogen-bond acceptors (Lipinski definition) is 11. The van der Waals surface area contributed by atoms with Gasteiger partial charge >= 0.3 is 11.9 Å². The van der Waals surface area contributed by atoms with E-state index in [9.17, 15) is 30.0 Å². The highest BCUT2D eigenvalue weighted by Crippen LogP contribution is 2.82. The smallest absolute Gasteiger partial charge is 0.303 e. The molecule has 8 fully saturated rings. The van der Waals surface area contributed by atoms with E-state index in [0.29, 0.717) is 6.42 Å². The third kappa shape index (κ3) is 3.11. The van der Waals surface area contributed by atoms with Gasteiger partial charge in [-0.25, -0.2) is 0 Å². The third-order valence-electron chi connectivity index (χ3n) is 15.2. The topological polar surface area (TPSA) is 168 Å². The van der Waals surface area contributed by atoms with Crippen LogP contribution in [0.2, 0.25) is 0 Å². The summed E-state index contributed by atoms with van der Waals surface area (Å²) in [6.07, 6.45) is -5.26. The molecule has 5 saturated carbocycles. The Morgan fingerprint density at radius 1 is 0.844 bits per heavy atom. The van der Waals surface area contributed by atoms with Gasteiger partial charge in [-0.3, -0.25) is 9.59 Å². The number of aliphatic hydroxyl groups excluding tert-OH is 3. The molecular weight excluding hydrogens is 584 g/mol. The second-order valence-electron chi connectivity index (χ2n) is 16.6. The Hall–Kier alpha value is -1.76. The van der Waals surface area contributed by atoms with E-state index in [1.54, 1.807) is 6.92 Å². The molecule has 0 bridgehead atoms. The van der Waals surface area contributed by atoms with Crippen molar-refractivity contribution in [1.82, 2.24) is 0 Å². The lowest BCUT2D eigenvalue weighted by Crippen LogP contribution is -2.73. The van der Waals surface area contributed by atoms with Crippen molar-refractivity contribution >= 4 is 11.9 Å². The van der Waals surface area contributed by atoms with Crippen LogP contribution in [0.4, 0.5) is 0 Å². The molecule has 45 heavy (non-hydrogen) atoms. The van der Waals surface area contributed by atoms with Crippen LogP contribution in [0.15, 0.2) is 12.3 Å². The Balaban J connectivity index is 1.34. The monoisotopic (exact) mass is 632 g/mol. The van der Waals surface area contributed by atoms with E-state index in [1.807, 2.05) is 27.7 Å². The first-order valence-electron chi connectivity index (χ1n) is 16.7. The number of fused-ring (bicyclic) bond motifs is 9.